The van der Waals surface area contributed by atoms with Gasteiger partial charge in [0, 0.05) is 59.1 Å². The Labute approximate surface area is 445 Å². The number of carbonyl (C=O) groups is 6. The van der Waals surface area contributed by atoms with Crippen molar-refractivity contribution in [2.24, 2.45) is 20.0 Å². The SMILES string of the molecule is CC(=O)NC[C@H]1CN(c2ccc(-c3ccc(C(=O)NCC4=NCC=N4)nc3)c(F)c2)C(=O)O1.CC(=O)NC[C@H]1CN(c2ccc(B3OC(C)(C)C(C)(C)O3)c(F)c2)C(=O)O1.O=C(NCC1=NCC=N1)c1ccc(Br)cc1. The van der Waals surface area contributed by atoms with Gasteiger partial charge in [0.05, 0.1) is 74.9 Å². The van der Waals surface area contributed by atoms with Crippen molar-refractivity contribution in [3.63, 3.8) is 0 Å². The van der Waals surface area contributed by atoms with Gasteiger partial charge in [0.2, 0.25) is 11.8 Å². The van der Waals surface area contributed by atoms with Gasteiger partial charge < -0.3 is 40.0 Å². The van der Waals surface area contributed by atoms with Gasteiger partial charge in [-0.3, -0.25) is 43.9 Å². The van der Waals surface area contributed by atoms with Gasteiger partial charge >= 0.3 is 19.3 Å². The normalized spacial score (nSPS) is 18.6. The van der Waals surface area contributed by atoms with Gasteiger partial charge in [-0.2, -0.15) is 0 Å². The summed E-state index contributed by atoms with van der Waals surface area (Å²) in [5.74, 6) is -0.792. The number of benzene rings is 3. The molecule has 9 rings (SSSR count). The predicted molar refractivity (Wildman–Crippen MR) is 285 cm³/mol. The summed E-state index contributed by atoms with van der Waals surface area (Å²) in [4.78, 5) is 93.1. The number of aromatic nitrogens is 1. The third kappa shape index (κ3) is 14.5. The molecule has 0 bridgehead atoms. The molecule has 21 nitrogen and oxygen atoms in total. The van der Waals surface area contributed by atoms with Crippen LogP contribution in [0.5, 0.6) is 0 Å². The van der Waals surface area contributed by atoms with E-state index in [0.29, 0.717) is 53.8 Å². The first-order valence-electron chi connectivity index (χ1n) is 24.0. The second kappa shape index (κ2) is 24.7. The monoisotopic (exact) mass is 1110 g/mol. The molecule has 3 fully saturated rings. The summed E-state index contributed by atoms with van der Waals surface area (Å²) >= 11 is 3.32. The average Bonchev–Trinajstić information content (AvgIpc) is 4.25. The van der Waals surface area contributed by atoms with E-state index in [2.05, 4.69) is 62.2 Å². The number of aliphatic imine (C=N–C) groups is 4. The fraction of sp³-hybridized carbons (Fsp3) is 0.353. The molecule has 4 N–H and O–H groups in total. The molecule has 0 saturated carbocycles. The Kier molecular flexibility index (Phi) is 18.2. The summed E-state index contributed by atoms with van der Waals surface area (Å²) < 4.78 is 52.7. The molecule has 5 aliphatic heterocycles. The van der Waals surface area contributed by atoms with Crippen LogP contribution in [0.25, 0.3) is 11.1 Å². The quantitative estimate of drug-likeness (QED) is 0.125. The van der Waals surface area contributed by atoms with E-state index in [0.717, 1.165) is 4.47 Å². The highest BCUT2D eigenvalue weighted by Crippen LogP contribution is 2.37. The Balaban J connectivity index is 0.000000176. The summed E-state index contributed by atoms with van der Waals surface area (Å²) in [5, 5.41) is 10.6. The number of nitrogens with zero attached hydrogens (tertiary/aromatic N) is 7. The first kappa shape index (κ1) is 56.0. The molecule has 3 saturated heterocycles. The first-order valence-corrected chi connectivity index (χ1v) is 24.8. The number of amidine groups is 2. The van der Waals surface area contributed by atoms with E-state index >= 15 is 0 Å². The Morgan fingerprint density at radius 1 is 0.684 bits per heavy atom. The van der Waals surface area contributed by atoms with Crippen LogP contribution in [0.4, 0.5) is 29.7 Å². The van der Waals surface area contributed by atoms with Crippen LogP contribution >= 0.6 is 15.9 Å². The van der Waals surface area contributed by atoms with Gasteiger partial charge in [-0.25, -0.2) is 28.4 Å². The molecule has 3 aromatic carbocycles. The molecule has 6 heterocycles. The summed E-state index contributed by atoms with van der Waals surface area (Å²) in [6.07, 6.45) is 2.61. The maximum absolute atomic E-state index is 14.9. The van der Waals surface area contributed by atoms with E-state index in [1.807, 2.05) is 39.8 Å². The van der Waals surface area contributed by atoms with Gasteiger partial charge in [0.1, 0.15) is 41.2 Å². The topological polar surface area (TPSA) is 256 Å². The zero-order valence-electron chi connectivity index (χ0n) is 42.4. The van der Waals surface area contributed by atoms with Gasteiger partial charge in [-0.15, -0.1) is 0 Å². The zero-order chi connectivity index (χ0) is 54.7. The van der Waals surface area contributed by atoms with Crippen molar-refractivity contribution in [1.29, 1.82) is 0 Å². The van der Waals surface area contributed by atoms with Crippen LogP contribution in [0.2, 0.25) is 0 Å². The molecule has 0 unspecified atom stereocenters. The number of nitrogens with one attached hydrogen (secondary N) is 4. The van der Waals surface area contributed by atoms with E-state index < -0.39 is 54.3 Å². The van der Waals surface area contributed by atoms with Crippen molar-refractivity contribution in [1.82, 2.24) is 26.3 Å². The molecule has 1 aromatic heterocycles. The number of hydrogen-bond donors (Lipinski definition) is 4. The van der Waals surface area contributed by atoms with Crippen LogP contribution in [0.15, 0.2) is 103 Å². The highest BCUT2D eigenvalue weighted by atomic mass is 79.9. The Bertz CT molecular complexity index is 2960. The lowest BCUT2D eigenvalue weighted by Crippen LogP contribution is -2.41. The lowest BCUT2D eigenvalue weighted by Gasteiger charge is -2.32. The van der Waals surface area contributed by atoms with Crippen LogP contribution in [-0.2, 0) is 28.4 Å². The summed E-state index contributed by atoms with van der Waals surface area (Å²) in [6.45, 7) is 12.9. The van der Waals surface area contributed by atoms with Crippen molar-refractivity contribution in [2.45, 2.75) is 65.0 Å². The van der Waals surface area contributed by atoms with Gasteiger partial charge in [-0.05, 0) is 88.4 Å². The molecule has 2 atom stereocenters. The zero-order valence-corrected chi connectivity index (χ0v) is 44.0. The minimum atomic E-state index is -0.818. The Morgan fingerprint density at radius 2 is 1.20 bits per heavy atom. The van der Waals surface area contributed by atoms with E-state index in [-0.39, 0.29) is 73.1 Å². The third-order valence-electron chi connectivity index (χ3n) is 12.4. The molecule has 4 aromatic rings. The number of halogens is 3. The standard InChI is InChI=1S/C22H21FN6O4.C18H24BFN2O5.C11H10BrN3O/c1-13(30)26-10-16-12-29(22(32)33-16)15-3-4-17(18(23)8-15)14-2-5-19(27-9-14)21(31)28-11-20-24-6-7-25-20;1-11(23)21-9-13-10-22(16(24)25-13)12-6-7-14(15(20)8-12)19-26-17(2,3)18(4,5)27-19;12-9-3-1-8(2-4-9)11(16)15-7-10-13-5-6-14-10/h2-6,8-9,16H,7,10-12H2,1H3,(H,26,30)(H,28,31);6-8,13H,9-10H2,1-5H3,(H,21,23);1-5H,6-7H2,(H,15,16)/t16-;13-;/m00./s1. The van der Waals surface area contributed by atoms with Crippen LogP contribution in [0.3, 0.4) is 0 Å². The van der Waals surface area contributed by atoms with Crippen molar-refractivity contribution in [3.8, 4) is 11.1 Å². The second-order valence-corrected chi connectivity index (χ2v) is 19.4. The van der Waals surface area contributed by atoms with Crippen molar-refractivity contribution in [3.05, 3.63) is 106 Å². The number of pyridine rings is 1. The average molecular weight is 1110 g/mol. The summed E-state index contributed by atoms with van der Waals surface area (Å²) in [7, 11) is -0.818. The number of rotatable bonds is 14. The fourth-order valence-electron chi connectivity index (χ4n) is 7.61. The fourth-order valence-corrected chi connectivity index (χ4v) is 7.88. The summed E-state index contributed by atoms with van der Waals surface area (Å²) in [5.41, 5.74) is 1.42. The molecule has 76 heavy (non-hydrogen) atoms. The number of amides is 6. The molecule has 0 aliphatic carbocycles. The van der Waals surface area contributed by atoms with Crippen molar-refractivity contribution < 1.29 is 56.3 Å². The van der Waals surface area contributed by atoms with Crippen molar-refractivity contribution >= 4 is 99.8 Å². The molecule has 398 valence electrons. The van der Waals surface area contributed by atoms with Crippen LogP contribution in [-0.4, -0.2) is 148 Å². The maximum atomic E-state index is 14.9. The molecule has 6 amide bonds. The molecular formula is C51H55BBrF2N11O10. The Hall–Kier alpha value is -7.77. The molecule has 25 heteroatoms. The summed E-state index contributed by atoms with van der Waals surface area (Å²) in [6, 6.07) is 19.1. The van der Waals surface area contributed by atoms with E-state index in [1.165, 1.54) is 54.1 Å². The first-order chi connectivity index (χ1) is 36.2. The smallest absolute Gasteiger partial charge is 0.442 e. The predicted octanol–water partition coefficient (Wildman–Crippen LogP) is 4.81. The van der Waals surface area contributed by atoms with Crippen LogP contribution in [0, 0.1) is 11.6 Å². The van der Waals surface area contributed by atoms with Gasteiger partial charge in [-0.1, -0.05) is 28.1 Å². The minimum absolute atomic E-state index is 0.114. The number of anilines is 2. The minimum Gasteiger partial charge on any atom is -0.442 e. The number of cyclic esters (lactones) is 2. The van der Waals surface area contributed by atoms with Crippen LogP contribution < -0.4 is 36.5 Å². The molecule has 0 spiro atoms. The maximum Gasteiger partial charge on any atom is 0.497 e. The molecular weight excluding hydrogens is 1060 g/mol. The highest BCUT2D eigenvalue weighted by Gasteiger charge is 2.52. The largest absolute Gasteiger partial charge is 0.497 e. The van der Waals surface area contributed by atoms with E-state index in [9.17, 15) is 37.5 Å². The second-order valence-electron chi connectivity index (χ2n) is 18.5. The van der Waals surface area contributed by atoms with E-state index in [1.54, 1.807) is 48.8 Å². The van der Waals surface area contributed by atoms with Gasteiger partial charge in [0.15, 0.2) is 0 Å². The van der Waals surface area contributed by atoms with Crippen molar-refractivity contribution in [2.75, 3.05) is 62.2 Å². The number of ether oxygens (including phenoxy) is 2. The molecule has 0 radical (unpaired) electrons. The lowest BCUT2D eigenvalue weighted by molar-refractivity contribution is -0.120. The lowest BCUT2D eigenvalue weighted by atomic mass is 9.78. The van der Waals surface area contributed by atoms with Crippen LogP contribution in [0.1, 0.15) is 62.4 Å². The van der Waals surface area contributed by atoms with Gasteiger partial charge in [0.25, 0.3) is 11.8 Å². The third-order valence-corrected chi connectivity index (χ3v) is 12.9. The molecule has 5 aliphatic rings. The van der Waals surface area contributed by atoms with E-state index in [4.69, 9.17) is 18.8 Å². The number of hydrogen-bond acceptors (Lipinski definition) is 15. The Morgan fingerprint density at radius 3 is 1.66 bits per heavy atom. The number of carbonyl (C=O) groups excluding carboxylic acids is 6. The highest BCUT2D eigenvalue weighted by molar-refractivity contribution is 9.10.